The molecule has 0 amide bonds. The van der Waals surface area contributed by atoms with E-state index in [4.69, 9.17) is 14.2 Å². The average molecular weight is 350 g/mol. The summed E-state index contributed by atoms with van der Waals surface area (Å²) >= 11 is 0. The number of aromatic hydroxyl groups is 2. The molecule has 0 aromatic heterocycles. The fraction of sp³-hybridized carbons (Fsp3) is 0.526. The third-order valence-electron chi connectivity index (χ3n) is 4.10. The van der Waals surface area contributed by atoms with Crippen molar-refractivity contribution in [2.45, 2.75) is 51.7 Å². The molecule has 0 aliphatic carbocycles. The molecule has 6 nitrogen and oxygen atoms in total. The van der Waals surface area contributed by atoms with Gasteiger partial charge in [0, 0.05) is 18.6 Å². The minimum atomic E-state index is -0.416. The fourth-order valence-corrected chi connectivity index (χ4v) is 2.82. The van der Waals surface area contributed by atoms with Crippen LogP contribution in [0.3, 0.4) is 0 Å². The van der Waals surface area contributed by atoms with Gasteiger partial charge >= 0.3 is 5.97 Å². The number of fused-ring (bicyclic) bond motifs is 1. The maximum absolute atomic E-state index is 12.1. The molecule has 0 unspecified atom stereocenters. The van der Waals surface area contributed by atoms with Crippen molar-refractivity contribution in [1.82, 2.24) is 0 Å². The van der Waals surface area contributed by atoms with Crippen LogP contribution < -0.4 is 4.74 Å². The predicted octanol–water partition coefficient (Wildman–Crippen LogP) is 3.18. The Bertz CT molecular complexity index is 637. The number of hydrogen-bond acceptors (Lipinski definition) is 6. The van der Waals surface area contributed by atoms with Gasteiger partial charge in [-0.2, -0.15) is 0 Å². The second-order valence-electron chi connectivity index (χ2n) is 6.19. The lowest BCUT2D eigenvalue weighted by molar-refractivity contribution is -0.148. The number of carbonyl (C=O) groups is 1. The van der Waals surface area contributed by atoms with E-state index in [0.717, 1.165) is 12.8 Å². The number of rotatable bonds is 5. The van der Waals surface area contributed by atoms with E-state index in [0.29, 0.717) is 24.2 Å². The third-order valence-corrected chi connectivity index (χ3v) is 4.10. The monoisotopic (exact) mass is 350 g/mol. The number of hydrogen-bond donors (Lipinski definition) is 2. The molecule has 2 rings (SSSR count). The highest BCUT2D eigenvalue weighted by molar-refractivity contribution is 5.78. The van der Waals surface area contributed by atoms with Crippen molar-refractivity contribution in [3.63, 3.8) is 0 Å². The lowest BCUT2D eigenvalue weighted by Crippen LogP contribution is -2.24. The molecular weight excluding hydrogens is 324 g/mol. The molecule has 138 valence electrons. The Kier molecular flexibility index (Phi) is 6.70. The van der Waals surface area contributed by atoms with Gasteiger partial charge in [0.2, 0.25) is 5.75 Å². The largest absolute Gasteiger partial charge is 0.504 e. The third kappa shape index (κ3) is 4.89. The predicted molar refractivity (Wildman–Crippen MR) is 93.9 cm³/mol. The van der Waals surface area contributed by atoms with Gasteiger partial charge in [0.1, 0.15) is 6.10 Å². The van der Waals surface area contributed by atoms with E-state index >= 15 is 0 Å². The molecule has 1 aliphatic heterocycles. The number of carbonyl (C=O) groups excluding carboxylic acids is 1. The van der Waals surface area contributed by atoms with Crippen molar-refractivity contribution in [2.75, 3.05) is 13.7 Å². The summed E-state index contributed by atoms with van der Waals surface area (Å²) in [6.45, 7) is 4.53. The number of cyclic esters (lactones) is 1. The number of unbranched alkanes of at least 4 members (excludes halogenated alkanes) is 1. The zero-order valence-electron chi connectivity index (χ0n) is 14.9. The summed E-state index contributed by atoms with van der Waals surface area (Å²) in [6, 6.07) is 1.42. The van der Waals surface area contributed by atoms with Crippen LogP contribution in [0.2, 0.25) is 0 Å². The van der Waals surface area contributed by atoms with Crippen LogP contribution in [0.25, 0.3) is 6.08 Å². The highest BCUT2D eigenvalue weighted by atomic mass is 16.5. The topological polar surface area (TPSA) is 85.2 Å². The second kappa shape index (κ2) is 8.76. The molecule has 1 aromatic rings. The van der Waals surface area contributed by atoms with Crippen LogP contribution in [0.15, 0.2) is 12.1 Å². The Hall–Kier alpha value is -2.21. The van der Waals surface area contributed by atoms with E-state index in [-0.39, 0.29) is 35.9 Å². The van der Waals surface area contributed by atoms with Crippen molar-refractivity contribution in [2.24, 2.45) is 0 Å². The molecule has 25 heavy (non-hydrogen) atoms. The minimum Gasteiger partial charge on any atom is -0.504 e. The molecule has 0 bridgehead atoms. The molecule has 0 spiro atoms. The summed E-state index contributed by atoms with van der Waals surface area (Å²) in [6.07, 6.45) is 5.51. The smallest absolute Gasteiger partial charge is 0.310 e. The number of methoxy groups -OCH3 is 1. The van der Waals surface area contributed by atoms with Crippen LogP contribution in [-0.4, -0.2) is 42.1 Å². The normalized spacial score (nSPS) is 22.0. The van der Waals surface area contributed by atoms with Crippen LogP contribution in [0.1, 0.15) is 44.2 Å². The summed E-state index contributed by atoms with van der Waals surface area (Å²) in [5.74, 6) is -0.866. The van der Waals surface area contributed by atoms with Gasteiger partial charge in [0.25, 0.3) is 0 Å². The van der Waals surface area contributed by atoms with Gasteiger partial charge in [-0.15, -0.1) is 0 Å². The summed E-state index contributed by atoms with van der Waals surface area (Å²) < 4.78 is 16.3. The molecule has 1 aliphatic rings. The van der Waals surface area contributed by atoms with Crippen LogP contribution in [-0.2, 0) is 20.7 Å². The van der Waals surface area contributed by atoms with Crippen molar-refractivity contribution in [3.05, 3.63) is 23.3 Å². The van der Waals surface area contributed by atoms with Gasteiger partial charge in [-0.3, -0.25) is 4.79 Å². The number of benzene rings is 1. The first kappa shape index (κ1) is 19.1. The molecule has 0 saturated heterocycles. The molecular formula is C19H26O6. The summed E-state index contributed by atoms with van der Waals surface area (Å²) in [5, 5.41) is 20.4. The number of esters is 1. The standard InChI is InChI=1S/C19H26O6/c1-4-5-8-24-14-6-7-15-13(11-17(21)25-12(2)9-14)10-16(20)19(23-3)18(15)22/h6-7,10,12,14,20,22H,4-5,8-9,11H2,1-3H3/b7-6+/t12-,14-/m0/s1. The van der Waals surface area contributed by atoms with Crippen LogP contribution >= 0.6 is 0 Å². The van der Waals surface area contributed by atoms with Gasteiger partial charge in [-0.1, -0.05) is 25.5 Å². The lowest BCUT2D eigenvalue weighted by Gasteiger charge is -2.22. The van der Waals surface area contributed by atoms with Gasteiger partial charge in [0.05, 0.1) is 19.6 Å². The van der Waals surface area contributed by atoms with E-state index in [1.165, 1.54) is 13.2 Å². The van der Waals surface area contributed by atoms with E-state index in [1.54, 1.807) is 6.08 Å². The Balaban J connectivity index is 2.40. The van der Waals surface area contributed by atoms with E-state index in [9.17, 15) is 15.0 Å². The molecule has 0 radical (unpaired) electrons. The molecule has 2 N–H and O–H groups in total. The average Bonchev–Trinajstić information content (AvgIpc) is 2.53. The molecule has 1 heterocycles. The number of phenolic OH excluding ortho intramolecular Hbond substituents is 2. The quantitative estimate of drug-likeness (QED) is 0.627. The molecule has 1 aromatic carbocycles. The van der Waals surface area contributed by atoms with Crippen LogP contribution in [0.4, 0.5) is 0 Å². The van der Waals surface area contributed by atoms with Crippen molar-refractivity contribution >= 4 is 12.0 Å². The fourth-order valence-electron chi connectivity index (χ4n) is 2.82. The maximum atomic E-state index is 12.1. The minimum absolute atomic E-state index is 0.0225. The van der Waals surface area contributed by atoms with Gasteiger partial charge in [0.15, 0.2) is 11.5 Å². The summed E-state index contributed by atoms with van der Waals surface area (Å²) in [5.41, 5.74) is 0.892. The summed E-state index contributed by atoms with van der Waals surface area (Å²) in [4.78, 5) is 12.1. The maximum Gasteiger partial charge on any atom is 0.310 e. The first-order valence-electron chi connectivity index (χ1n) is 8.57. The first-order valence-corrected chi connectivity index (χ1v) is 8.57. The van der Waals surface area contributed by atoms with E-state index in [2.05, 4.69) is 6.92 Å². The lowest BCUT2D eigenvalue weighted by atomic mass is 9.99. The zero-order valence-corrected chi connectivity index (χ0v) is 14.9. The summed E-state index contributed by atoms with van der Waals surface area (Å²) in [7, 11) is 1.36. The van der Waals surface area contributed by atoms with Crippen molar-refractivity contribution in [1.29, 1.82) is 0 Å². The molecule has 2 atom stereocenters. The second-order valence-corrected chi connectivity index (χ2v) is 6.19. The van der Waals surface area contributed by atoms with Gasteiger partial charge < -0.3 is 24.4 Å². The Labute approximate surface area is 148 Å². The highest BCUT2D eigenvalue weighted by Crippen LogP contribution is 2.41. The molecule has 0 fully saturated rings. The Morgan fingerprint density at radius 1 is 1.36 bits per heavy atom. The van der Waals surface area contributed by atoms with Gasteiger partial charge in [-0.05, 0) is 25.0 Å². The van der Waals surface area contributed by atoms with Crippen molar-refractivity contribution in [3.8, 4) is 17.2 Å². The number of ether oxygens (including phenoxy) is 3. The van der Waals surface area contributed by atoms with Gasteiger partial charge in [-0.25, -0.2) is 0 Å². The number of phenols is 2. The first-order chi connectivity index (χ1) is 12.0. The van der Waals surface area contributed by atoms with E-state index < -0.39 is 5.97 Å². The zero-order chi connectivity index (χ0) is 18.4. The molecule has 0 saturated carbocycles. The Morgan fingerprint density at radius 2 is 2.12 bits per heavy atom. The van der Waals surface area contributed by atoms with Crippen LogP contribution in [0, 0.1) is 0 Å². The van der Waals surface area contributed by atoms with E-state index in [1.807, 2.05) is 13.0 Å². The SMILES string of the molecule is CCCCO[C@H]1/C=C/c2c(cc(O)c(OC)c2O)CC(=O)O[C@@H](C)C1. The van der Waals surface area contributed by atoms with Crippen molar-refractivity contribution < 1.29 is 29.2 Å². The van der Waals surface area contributed by atoms with Crippen LogP contribution in [0.5, 0.6) is 17.2 Å². The Morgan fingerprint density at radius 3 is 2.80 bits per heavy atom. The molecule has 6 heteroatoms. The highest BCUT2D eigenvalue weighted by Gasteiger charge is 2.22.